The molecule has 6 nitrogen and oxygen atoms in total. The van der Waals surface area contributed by atoms with E-state index in [1.165, 1.54) is 4.90 Å². The van der Waals surface area contributed by atoms with Crippen molar-refractivity contribution in [2.75, 3.05) is 10.2 Å². The zero-order chi connectivity index (χ0) is 28.9. The van der Waals surface area contributed by atoms with Crippen molar-refractivity contribution >= 4 is 40.4 Å². The fourth-order valence-corrected chi connectivity index (χ4v) is 5.58. The van der Waals surface area contributed by atoms with E-state index in [1.54, 1.807) is 60.7 Å². The van der Waals surface area contributed by atoms with Crippen LogP contribution in [0, 0.1) is 5.92 Å². The van der Waals surface area contributed by atoms with Crippen molar-refractivity contribution in [2.24, 2.45) is 10.9 Å². The Bertz CT molecular complexity index is 1740. The monoisotopic (exact) mass is 549 g/mol. The van der Waals surface area contributed by atoms with Crippen molar-refractivity contribution in [2.45, 2.75) is 5.54 Å². The Balaban J connectivity index is 1.69. The lowest BCUT2D eigenvalue weighted by atomic mass is 9.73. The van der Waals surface area contributed by atoms with Crippen LogP contribution in [0.1, 0.15) is 11.1 Å². The highest BCUT2D eigenvalue weighted by Gasteiger charge is 2.66. The maximum Gasteiger partial charge on any atom is 0.296 e. The second-order valence-electron chi connectivity index (χ2n) is 9.92. The van der Waals surface area contributed by atoms with Gasteiger partial charge < -0.3 is 5.32 Å². The zero-order valence-corrected chi connectivity index (χ0v) is 22.6. The average molecular weight is 550 g/mol. The molecule has 0 bridgehead atoms. The third-order valence-corrected chi connectivity index (χ3v) is 7.40. The molecule has 0 saturated carbocycles. The second kappa shape index (κ2) is 11.5. The Morgan fingerprint density at radius 3 is 1.74 bits per heavy atom. The molecule has 0 aromatic heterocycles. The van der Waals surface area contributed by atoms with Crippen LogP contribution >= 0.6 is 0 Å². The molecular formula is C36H27N3O3. The zero-order valence-electron chi connectivity index (χ0n) is 22.6. The topological polar surface area (TPSA) is 78.8 Å². The molecule has 1 N–H and O–H groups in total. The summed E-state index contributed by atoms with van der Waals surface area (Å²) in [4.78, 5) is 49.8. The Kier molecular flexibility index (Phi) is 7.26. The Hall–Kier alpha value is -5.62. The van der Waals surface area contributed by atoms with Crippen molar-refractivity contribution < 1.29 is 14.4 Å². The van der Waals surface area contributed by atoms with Crippen LogP contribution in [0.15, 0.2) is 157 Å². The van der Waals surface area contributed by atoms with Crippen LogP contribution in [0.25, 0.3) is 0 Å². The molecule has 6 rings (SSSR count). The maximum atomic E-state index is 14.9. The molecule has 204 valence electrons. The summed E-state index contributed by atoms with van der Waals surface area (Å²) in [5.41, 5.74) is 1.20. The number of nitrogens with one attached hydrogen (secondary N) is 1. The lowest BCUT2D eigenvalue weighted by Crippen LogP contribution is -2.57. The first-order valence-electron chi connectivity index (χ1n) is 13.6. The van der Waals surface area contributed by atoms with Gasteiger partial charge in [0.25, 0.3) is 11.8 Å². The first-order valence-corrected chi connectivity index (χ1v) is 13.6. The quantitative estimate of drug-likeness (QED) is 0.184. The van der Waals surface area contributed by atoms with Gasteiger partial charge in [-0.1, -0.05) is 115 Å². The smallest absolute Gasteiger partial charge is 0.296 e. The van der Waals surface area contributed by atoms with Crippen molar-refractivity contribution in [3.63, 3.8) is 0 Å². The van der Waals surface area contributed by atoms with E-state index in [0.29, 0.717) is 33.9 Å². The van der Waals surface area contributed by atoms with E-state index in [0.717, 1.165) is 0 Å². The van der Waals surface area contributed by atoms with E-state index < -0.39 is 29.1 Å². The van der Waals surface area contributed by atoms with Crippen molar-refractivity contribution in [1.29, 1.82) is 0 Å². The number of Topliss-reactive ketones (excluding diaryl/α,β-unsaturated/α-hetero) is 1. The fourth-order valence-electron chi connectivity index (χ4n) is 5.58. The molecular weight excluding hydrogens is 522 g/mol. The highest BCUT2D eigenvalue weighted by Crippen LogP contribution is 2.48. The minimum absolute atomic E-state index is 0.325. The Labute approximate surface area is 244 Å². The molecule has 2 amide bonds. The maximum absolute atomic E-state index is 14.9. The highest BCUT2D eigenvalue weighted by atomic mass is 16.2. The number of rotatable bonds is 7. The lowest BCUT2D eigenvalue weighted by molar-refractivity contribution is -0.134. The molecule has 2 atom stereocenters. The third kappa shape index (κ3) is 4.69. The van der Waals surface area contributed by atoms with Crippen LogP contribution in [-0.4, -0.2) is 23.3 Å². The number of benzene rings is 5. The van der Waals surface area contributed by atoms with E-state index in [9.17, 15) is 14.4 Å². The van der Waals surface area contributed by atoms with Gasteiger partial charge in [0.05, 0.1) is 11.4 Å². The summed E-state index contributed by atoms with van der Waals surface area (Å²) in [7, 11) is 0. The number of carbonyl (C=O) groups is 3. The van der Waals surface area contributed by atoms with Crippen molar-refractivity contribution in [1.82, 2.24) is 0 Å². The molecule has 1 heterocycles. The van der Waals surface area contributed by atoms with Gasteiger partial charge in [0.15, 0.2) is 5.54 Å². The number of para-hydroxylation sites is 3. The molecule has 5 aromatic carbocycles. The first kappa shape index (κ1) is 26.6. The fraction of sp³-hybridized carbons (Fsp3) is 0.0556. The number of hydrogen-bond donors (Lipinski definition) is 1. The molecule has 1 aliphatic heterocycles. The van der Waals surface area contributed by atoms with E-state index in [-0.39, 0.29) is 0 Å². The predicted molar refractivity (Wildman–Crippen MR) is 165 cm³/mol. The third-order valence-electron chi connectivity index (χ3n) is 7.40. The van der Waals surface area contributed by atoms with E-state index in [2.05, 4.69) is 5.32 Å². The van der Waals surface area contributed by atoms with Gasteiger partial charge in [-0.2, -0.15) is 0 Å². The molecule has 1 saturated heterocycles. The lowest BCUT2D eigenvalue weighted by Gasteiger charge is -2.40. The standard InChI is InChI=1S/C36H27N3O3/c40-33-31(32(26-16-6-1-7-17-26)37-28-20-10-3-11-21-28)36(27-18-8-2-9-19-27,35(42)38-29-22-12-4-13-23-29)39(34(33)41)30-24-14-5-15-25-30/h1-25,31H,(H,38,42)/t31?,36-/m1/s1. The van der Waals surface area contributed by atoms with E-state index >= 15 is 0 Å². The van der Waals surface area contributed by atoms with Crippen LogP contribution in [0.2, 0.25) is 0 Å². The molecule has 0 spiro atoms. The van der Waals surface area contributed by atoms with Crippen LogP contribution in [-0.2, 0) is 19.9 Å². The van der Waals surface area contributed by atoms with Gasteiger partial charge in [-0.05, 0) is 47.5 Å². The minimum Gasteiger partial charge on any atom is -0.324 e. The van der Waals surface area contributed by atoms with Crippen LogP contribution in [0.3, 0.4) is 0 Å². The van der Waals surface area contributed by atoms with Gasteiger partial charge in [-0.25, -0.2) is 0 Å². The van der Waals surface area contributed by atoms with Crippen LogP contribution in [0.5, 0.6) is 0 Å². The van der Waals surface area contributed by atoms with Crippen LogP contribution < -0.4 is 10.2 Å². The summed E-state index contributed by atoms with van der Waals surface area (Å²) in [5.74, 6) is -3.30. The first-order chi connectivity index (χ1) is 20.6. The van der Waals surface area contributed by atoms with Crippen molar-refractivity contribution in [3.8, 4) is 0 Å². The normalized spacial score (nSPS) is 18.6. The Morgan fingerprint density at radius 2 is 1.14 bits per heavy atom. The molecule has 1 fully saturated rings. The van der Waals surface area contributed by atoms with Crippen molar-refractivity contribution in [3.05, 3.63) is 163 Å². The van der Waals surface area contributed by atoms with Gasteiger partial charge in [0, 0.05) is 11.4 Å². The highest BCUT2D eigenvalue weighted by molar-refractivity contribution is 6.52. The predicted octanol–water partition coefficient (Wildman–Crippen LogP) is 6.57. The van der Waals surface area contributed by atoms with Gasteiger partial charge >= 0.3 is 0 Å². The van der Waals surface area contributed by atoms with E-state index in [4.69, 9.17) is 4.99 Å². The summed E-state index contributed by atoms with van der Waals surface area (Å²) in [6, 6.07) is 45.4. The molecule has 6 heteroatoms. The molecule has 1 aliphatic rings. The number of ketones is 1. The summed E-state index contributed by atoms with van der Waals surface area (Å²) in [6.07, 6.45) is 0. The molecule has 42 heavy (non-hydrogen) atoms. The number of anilines is 2. The van der Waals surface area contributed by atoms with Gasteiger partial charge in [0.1, 0.15) is 5.92 Å². The summed E-state index contributed by atoms with van der Waals surface area (Å²) >= 11 is 0. The second-order valence-corrected chi connectivity index (χ2v) is 9.92. The van der Waals surface area contributed by atoms with Gasteiger partial charge in [-0.3, -0.25) is 24.3 Å². The van der Waals surface area contributed by atoms with Gasteiger partial charge in [0.2, 0.25) is 5.78 Å². The molecule has 0 aliphatic carbocycles. The number of nitrogens with zero attached hydrogens (tertiary/aromatic N) is 2. The summed E-state index contributed by atoms with van der Waals surface area (Å²) < 4.78 is 0. The summed E-state index contributed by atoms with van der Waals surface area (Å²) in [5, 5.41) is 3.02. The minimum atomic E-state index is -1.81. The molecule has 0 radical (unpaired) electrons. The number of carbonyl (C=O) groups excluding carboxylic acids is 3. The van der Waals surface area contributed by atoms with Gasteiger partial charge in [-0.15, -0.1) is 0 Å². The summed E-state index contributed by atoms with van der Waals surface area (Å²) in [6.45, 7) is 0. The molecule has 1 unspecified atom stereocenters. The number of amides is 2. The number of hydrogen-bond acceptors (Lipinski definition) is 4. The van der Waals surface area contributed by atoms with E-state index in [1.807, 2.05) is 91.0 Å². The van der Waals surface area contributed by atoms with Crippen LogP contribution in [0.4, 0.5) is 17.1 Å². The molecule has 5 aromatic rings. The number of aliphatic imine (C=N–C) groups is 1. The Morgan fingerprint density at radius 1 is 0.643 bits per heavy atom. The SMILES string of the molecule is O=C1C(=O)N(c2ccccc2)[C@](C(=O)Nc2ccccc2)(c2ccccc2)C1C(=Nc1ccccc1)c1ccccc1. The largest absolute Gasteiger partial charge is 0.324 e. The average Bonchev–Trinajstić information content (AvgIpc) is 3.29.